The molecule has 2 aromatic heterocycles. The van der Waals surface area contributed by atoms with Crippen LogP contribution in [0.1, 0.15) is 38.9 Å². The molecule has 0 unspecified atom stereocenters. The molecule has 13 aromatic rings. The fourth-order valence-corrected chi connectivity index (χ4v) is 11.8. The van der Waals surface area contributed by atoms with Crippen LogP contribution in [0.2, 0.25) is 0 Å². The van der Waals surface area contributed by atoms with Crippen LogP contribution < -0.4 is 0 Å². The van der Waals surface area contributed by atoms with E-state index in [1.54, 1.807) is 0 Å². The van der Waals surface area contributed by atoms with E-state index in [0.717, 1.165) is 128 Å². The van der Waals surface area contributed by atoms with Crippen LogP contribution in [0.3, 0.4) is 0 Å². The molecule has 4 nitrogen and oxygen atoms in total. The minimum Gasteiger partial charge on any atom is -0.309 e. The lowest BCUT2D eigenvalue weighted by Gasteiger charge is -2.20. The minimum atomic E-state index is -4.64. The van der Waals surface area contributed by atoms with E-state index in [4.69, 9.17) is 0 Å². The van der Waals surface area contributed by atoms with Crippen molar-refractivity contribution in [2.45, 2.75) is 33.9 Å². The Hall–Kier alpha value is -10.2. The first-order chi connectivity index (χ1) is 38.8. The summed E-state index contributed by atoms with van der Waals surface area (Å²) >= 11 is 0. The third kappa shape index (κ3) is 8.67. The zero-order valence-corrected chi connectivity index (χ0v) is 44.3. The third-order valence-electron chi connectivity index (χ3n) is 15.6. The quantitative estimate of drug-likeness (QED) is 0.152. The summed E-state index contributed by atoms with van der Waals surface area (Å²) in [7, 11) is 0. The number of rotatable bonds is 8. The number of benzene rings is 11. The van der Waals surface area contributed by atoms with Gasteiger partial charge in [0.25, 0.3) is 0 Å². The first kappa shape index (κ1) is 49.4. The van der Waals surface area contributed by atoms with Gasteiger partial charge in [0.2, 0.25) is 0 Å². The van der Waals surface area contributed by atoms with Crippen molar-refractivity contribution in [2.75, 3.05) is 0 Å². The molecule has 0 saturated heterocycles. The van der Waals surface area contributed by atoms with Gasteiger partial charge in [-0.1, -0.05) is 162 Å². The highest BCUT2D eigenvalue weighted by molar-refractivity contribution is 6.14. The second-order valence-electron chi connectivity index (χ2n) is 21.0. The zero-order chi connectivity index (χ0) is 55.0. The van der Waals surface area contributed by atoms with Gasteiger partial charge in [-0.05, 0) is 168 Å². The summed E-state index contributed by atoms with van der Waals surface area (Å²) in [5.74, 6) is 0. The van der Waals surface area contributed by atoms with Crippen molar-refractivity contribution in [3.8, 4) is 90.3 Å². The average molecular weight is 1040 g/mol. The number of nitrogens with zero attached hydrogens (tertiary/aromatic N) is 4. The first-order valence-corrected chi connectivity index (χ1v) is 26.6. The number of halogens is 3. The molecule has 0 spiro atoms. The SMILES string of the molecule is Cc1cccc(-c2ccc3c(c2)c2cc(-c4cccc(C)c4)ccc2n3-c2ccc(C#N)cc2-c2ccc(-c3ccc(C(F)(F)F)cc3C#N)cc2-n2c3ccc(-c4cccc(C)c4)cc3c3cc(-c4cccc(C)c4)ccc32)c1. The molecule has 0 atom stereocenters. The summed E-state index contributed by atoms with van der Waals surface area (Å²) in [6, 6.07) is 79.8. The first-order valence-electron chi connectivity index (χ1n) is 26.6. The Balaban J connectivity index is 1.12. The molecule has 0 aliphatic rings. The van der Waals surface area contributed by atoms with Crippen molar-refractivity contribution >= 4 is 43.6 Å². The summed E-state index contributed by atoms with van der Waals surface area (Å²) in [5, 5.41) is 25.4. The molecule has 80 heavy (non-hydrogen) atoms. The van der Waals surface area contributed by atoms with E-state index in [1.165, 1.54) is 17.2 Å². The van der Waals surface area contributed by atoms with Crippen molar-refractivity contribution in [3.05, 3.63) is 263 Å². The van der Waals surface area contributed by atoms with E-state index in [-0.39, 0.29) is 5.56 Å². The van der Waals surface area contributed by atoms with Gasteiger partial charge in [-0.25, -0.2) is 0 Å². The van der Waals surface area contributed by atoms with Gasteiger partial charge in [-0.2, -0.15) is 23.7 Å². The highest BCUT2D eigenvalue weighted by Gasteiger charge is 2.31. The lowest BCUT2D eigenvalue weighted by Crippen LogP contribution is -2.05. The van der Waals surface area contributed by atoms with E-state index in [2.05, 4.69) is 219 Å². The number of aromatic nitrogens is 2. The van der Waals surface area contributed by atoms with Crippen LogP contribution in [0.4, 0.5) is 13.2 Å². The van der Waals surface area contributed by atoms with E-state index < -0.39 is 11.7 Å². The van der Waals surface area contributed by atoms with Crippen molar-refractivity contribution in [1.29, 1.82) is 10.5 Å². The average Bonchev–Trinajstić information content (AvgIpc) is 4.07. The molecule has 0 N–H and O–H groups in total. The van der Waals surface area contributed by atoms with Crippen molar-refractivity contribution in [1.82, 2.24) is 9.13 Å². The van der Waals surface area contributed by atoms with Crippen LogP contribution in [0.15, 0.2) is 224 Å². The summed E-state index contributed by atoms with van der Waals surface area (Å²) in [4.78, 5) is 0. The lowest BCUT2D eigenvalue weighted by molar-refractivity contribution is -0.137. The molecular formula is C73H49F3N4. The Labute approximate surface area is 461 Å². The maximum absolute atomic E-state index is 14.2. The van der Waals surface area contributed by atoms with Gasteiger partial charge in [-0.15, -0.1) is 0 Å². The van der Waals surface area contributed by atoms with Gasteiger partial charge >= 0.3 is 6.18 Å². The van der Waals surface area contributed by atoms with E-state index in [0.29, 0.717) is 22.4 Å². The standard InChI is InChI=1S/C73H49F3N4/c1-44-9-5-13-49(31-44)53-19-27-68-63(37-53)64-38-54(50-14-6-10-45(2)32-50)20-28-69(64)79(68)67-26-17-48(42-77)35-62(67)61-24-18-57(60-25-23-59(73(74,75)76)36-58(60)43-78)41-72(61)80-70-29-21-55(51-15-7-11-46(3)33-51)39-65(70)66-40-56(22-30-71(66)80)52-16-8-12-47(4)34-52/h5-41H,1-4H3. The molecule has 0 radical (unpaired) electrons. The molecule has 0 aliphatic heterocycles. The summed E-state index contributed by atoms with van der Waals surface area (Å²) in [6.07, 6.45) is -4.64. The lowest BCUT2D eigenvalue weighted by atomic mass is 9.93. The maximum atomic E-state index is 14.2. The molecule has 13 rings (SSSR count). The normalized spacial score (nSPS) is 11.7. The van der Waals surface area contributed by atoms with Crippen LogP contribution in [-0.4, -0.2) is 9.13 Å². The van der Waals surface area contributed by atoms with E-state index >= 15 is 0 Å². The van der Waals surface area contributed by atoms with Crippen LogP contribution in [-0.2, 0) is 6.18 Å². The summed E-state index contributed by atoms with van der Waals surface area (Å²) in [5.41, 5.74) is 20.4. The van der Waals surface area contributed by atoms with Crippen molar-refractivity contribution < 1.29 is 13.2 Å². The zero-order valence-electron chi connectivity index (χ0n) is 44.3. The van der Waals surface area contributed by atoms with Crippen molar-refractivity contribution in [2.24, 2.45) is 0 Å². The second kappa shape index (κ2) is 19.4. The van der Waals surface area contributed by atoms with Crippen LogP contribution in [0.25, 0.3) is 122 Å². The number of nitriles is 2. The molecule has 2 heterocycles. The fourth-order valence-electron chi connectivity index (χ4n) is 11.8. The molecule has 7 heteroatoms. The predicted octanol–water partition coefficient (Wildman–Crippen LogP) is 19.9. The molecule has 0 bridgehead atoms. The highest BCUT2D eigenvalue weighted by Crippen LogP contribution is 2.46. The maximum Gasteiger partial charge on any atom is 0.416 e. The Morgan fingerprint density at radius 2 is 0.713 bits per heavy atom. The largest absolute Gasteiger partial charge is 0.416 e. The summed E-state index contributed by atoms with van der Waals surface area (Å²) in [6.45, 7) is 8.38. The molecule has 382 valence electrons. The Morgan fingerprint density at radius 1 is 0.325 bits per heavy atom. The number of aryl methyl sites for hydroxylation is 4. The van der Waals surface area contributed by atoms with Gasteiger partial charge in [-0.3, -0.25) is 0 Å². The third-order valence-corrected chi connectivity index (χ3v) is 15.6. The number of hydrogen-bond donors (Lipinski definition) is 0. The number of alkyl halides is 3. The molecule has 0 saturated carbocycles. The number of hydrogen-bond acceptors (Lipinski definition) is 2. The smallest absolute Gasteiger partial charge is 0.309 e. The second-order valence-corrected chi connectivity index (χ2v) is 21.0. The highest BCUT2D eigenvalue weighted by atomic mass is 19.4. The van der Waals surface area contributed by atoms with Gasteiger partial charge in [0.15, 0.2) is 0 Å². The van der Waals surface area contributed by atoms with Crippen LogP contribution in [0, 0.1) is 50.4 Å². The van der Waals surface area contributed by atoms with Crippen LogP contribution in [0.5, 0.6) is 0 Å². The molecule has 0 fully saturated rings. The molecule has 0 aliphatic carbocycles. The summed E-state index contributed by atoms with van der Waals surface area (Å²) < 4.78 is 47.2. The van der Waals surface area contributed by atoms with Crippen molar-refractivity contribution in [3.63, 3.8) is 0 Å². The minimum absolute atomic E-state index is 0.0983. The van der Waals surface area contributed by atoms with Gasteiger partial charge in [0.1, 0.15) is 0 Å². The predicted molar refractivity (Wildman–Crippen MR) is 321 cm³/mol. The number of fused-ring (bicyclic) bond motifs is 6. The fraction of sp³-hybridized carbons (Fsp3) is 0.0685. The van der Waals surface area contributed by atoms with E-state index in [9.17, 15) is 23.7 Å². The topological polar surface area (TPSA) is 57.4 Å². The van der Waals surface area contributed by atoms with Gasteiger partial charge < -0.3 is 9.13 Å². The van der Waals surface area contributed by atoms with Gasteiger partial charge in [0.05, 0.1) is 62.3 Å². The van der Waals surface area contributed by atoms with E-state index in [1.807, 2.05) is 36.4 Å². The Kier molecular flexibility index (Phi) is 11.9. The molecule has 0 amide bonds. The monoisotopic (exact) mass is 1040 g/mol. The van der Waals surface area contributed by atoms with Gasteiger partial charge in [0, 0.05) is 32.7 Å². The van der Waals surface area contributed by atoms with Crippen LogP contribution >= 0.6 is 0 Å². The Morgan fingerprint density at radius 3 is 1.10 bits per heavy atom. The molecular weight excluding hydrogens is 990 g/mol. The molecule has 11 aromatic carbocycles. The Bertz CT molecular complexity index is 4580.